The maximum atomic E-state index is 11.4. The molecule has 0 aliphatic carbocycles. The van der Waals surface area contributed by atoms with Crippen molar-refractivity contribution in [3.63, 3.8) is 0 Å². The lowest BCUT2D eigenvalue weighted by Gasteiger charge is -1.97. The highest BCUT2D eigenvalue weighted by Crippen LogP contribution is 2.23. The van der Waals surface area contributed by atoms with Gasteiger partial charge in [0.1, 0.15) is 5.76 Å². The Hall–Kier alpha value is -1.10. The van der Waals surface area contributed by atoms with Crippen LogP contribution < -0.4 is 0 Å². The van der Waals surface area contributed by atoms with E-state index in [1.165, 1.54) is 3.57 Å². The first-order valence-corrected chi connectivity index (χ1v) is 6.17. The number of halogens is 1. The quantitative estimate of drug-likeness (QED) is 0.627. The van der Waals surface area contributed by atoms with Crippen LogP contribution in [0.4, 0.5) is 0 Å². The van der Waals surface area contributed by atoms with Gasteiger partial charge in [0.2, 0.25) is 0 Å². The molecule has 0 N–H and O–H groups in total. The van der Waals surface area contributed by atoms with Crippen molar-refractivity contribution in [1.29, 1.82) is 0 Å². The van der Waals surface area contributed by atoms with Crippen molar-refractivity contribution in [3.05, 3.63) is 45.7 Å². The van der Waals surface area contributed by atoms with Gasteiger partial charge in [-0.2, -0.15) is 0 Å². The molecule has 0 radical (unpaired) electrons. The molecule has 0 bridgehead atoms. The summed E-state index contributed by atoms with van der Waals surface area (Å²) in [6.07, 6.45) is 0.472. The van der Waals surface area contributed by atoms with Gasteiger partial charge in [-0.25, -0.2) is 0 Å². The molecular formula is C13H11IO2. The minimum absolute atomic E-state index is 0.0387. The third-order valence-corrected chi connectivity index (χ3v) is 3.05. The summed E-state index contributed by atoms with van der Waals surface area (Å²) >= 11 is 2.25. The lowest BCUT2D eigenvalue weighted by atomic mass is 10.2. The summed E-state index contributed by atoms with van der Waals surface area (Å²) in [5.74, 6) is 1.22. The van der Waals surface area contributed by atoms with Gasteiger partial charge >= 0.3 is 0 Å². The maximum absolute atomic E-state index is 11.4. The number of ketones is 1. The second kappa shape index (κ2) is 4.82. The summed E-state index contributed by atoms with van der Waals surface area (Å²) in [5.41, 5.74) is 0.996. The van der Waals surface area contributed by atoms with E-state index in [9.17, 15) is 4.79 Å². The van der Waals surface area contributed by atoms with Crippen molar-refractivity contribution in [3.8, 4) is 11.3 Å². The van der Waals surface area contributed by atoms with Crippen LogP contribution >= 0.6 is 22.6 Å². The zero-order valence-electron chi connectivity index (χ0n) is 8.87. The first-order valence-electron chi connectivity index (χ1n) is 5.09. The predicted octanol–water partition coefficient (Wildman–Crippen LogP) is 4.14. The lowest BCUT2D eigenvalue weighted by Crippen LogP contribution is -1.92. The minimum atomic E-state index is 0.0387. The number of carbonyl (C=O) groups is 1. The number of hydrogen-bond donors (Lipinski definition) is 0. The molecule has 0 aliphatic rings. The molecular weight excluding hydrogens is 315 g/mol. The van der Waals surface area contributed by atoms with Crippen molar-refractivity contribution in [2.75, 3.05) is 0 Å². The van der Waals surface area contributed by atoms with Gasteiger partial charge in [0, 0.05) is 15.6 Å². The van der Waals surface area contributed by atoms with E-state index in [1.807, 2.05) is 37.3 Å². The Labute approximate surface area is 108 Å². The predicted molar refractivity (Wildman–Crippen MR) is 71.5 cm³/mol. The highest BCUT2D eigenvalue weighted by molar-refractivity contribution is 14.1. The van der Waals surface area contributed by atoms with Crippen molar-refractivity contribution in [1.82, 2.24) is 0 Å². The van der Waals surface area contributed by atoms with Crippen LogP contribution in [0, 0.1) is 3.57 Å². The number of carbonyl (C=O) groups excluding carboxylic acids is 1. The average Bonchev–Trinajstić information content (AvgIpc) is 2.78. The lowest BCUT2D eigenvalue weighted by molar-refractivity contribution is 0.0962. The summed E-state index contributed by atoms with van der Waals surface area (Å²) in [4.78, 5) is 11.4. The highest BCUT2D eigenvalue weighted by Gasteiger charge is 2.09. The van der Waals surface area contributed by atoms with Crippen molar-refractivity contribution in [2.24, 2.45) is 0 Å². The second-order valence-corrected chi connectivity index (χ2v) is 4.69. The largest absolute Gasteiger partial charge is 0.453 e. The molecule has 0 amide bonds. The van der Waals surface area contributed by atoms with Gasteiger partial charge in [-0.05, 0) is 46.9 Å². The SMILES string of the molecule is CCC(=O)c1ccc(-c2ccc(I)cc2)o1. The maximum Gasteiger partial charge on any atom is 0.197 e. The molecule has 3 heteroatoms. The normalized spacial score (nSPS) is 10.4. The van der Waals surface area contributed by atoms with Crippen LogP contribution in [0.25, 0.3) is 11.3 Å². The van der Waals surface area contributed by atoms with Gasteiger partial charge < -0.3 is 4.42 Å². The Morgan fingerprint density at radius 1 is 1.19 bits per heavy atom. The molecule has 1 aromatic carbocycles. The minimum Gasteiger partial charge on any atom is -0.453 e. The summed E-state index contributed by atoms with van der Waals surface area (Å²) in [7, 11) is 0. The number of Topliss-reactive ketones (excluding diaryl/α,β-unsaturated/α-hetero) is 1. The average molecular weight is 326 g/mol. The van der Waals surface area contributed by atoms with Crippen LogP contribution in [0.5, 0.6) is 0 Å². The summed E-state index contributed by atoms with van der Waals surface area (Å²) in [6, 6.07) is 11.6. The Bertz CT molecular complexity index is 497. The topological polar surface area (TPSA) is 30.2 Å². The van der Waals surface area contributed by atoms with Crippen LogP contribution in [0.15, 0.2) is 40.8 Å². The van der Waals surface area contributed by atoms with E-state index in [2.05, 4.69) is 22.6 Å². The van der Waals surface area contributed by atoms with Crippen LogP contribution in [0.3, 0.4) is 0 Å². The van der Waals surface area contributed by atoms with Crippen molar-refractivity contribution < 1.29 is 9.21 Å². The molecule has 0 saturated heterocycles. The molecule has 2 aromatic rings. The second-order valence-electron chi connectivity index (χ2n) is 3.45. The number of benzene rings is 1. The zero-order chi connectivity index (χ0) is 11.5. The van der Waals surface area contributed by atoms with E-state index >= 15 is 0 Å². The standard InChI is InChI=1S/C13H11IO2/c1-2-11(15)13-8-7-12(16-13)9-3-5-10(14)6-4-9/h3-8H,2H2,1H3. The van der Waals surface area contributed by atoms with Crippen LogP contribution in [-0.4, -0.2) is 5.78 Å². The monoisotopic (exact) mass is 326 g/mol. The van der Waals surface area contributed by atoms with Crippen LogP contribution in [0.2, 0.25) is 0 Å². The fourth-order valence-electron chi connectivity index (χ4n) is 1.43. The summed E-state index contributed by atoms with van der Waals surface area (Å²) in [6.45, 7) is 1.83. The Morgan fingerprint density at radius 3 is 2.50 bits per heavy atom. The molecule has 0 unspecified atom stereocenters. The number of rotatable bonds is 3. The highest BCUT2D eigenvalue weighted by atomic mass is 127. The van der Waals surface area contributed by atoms with E-state index in [0.29, 0.717) is 12.2 Å². The van der Waals surface area contributed by atoms with Gasteiger partial charge in [0.05, 0.1) is 0 Å². The summed E-state index contributed by atoms with van der Waals surface area (Å²) in [5, 5.41) is 0. The Kier molecular flexibility index (Phi) is 3.43. The zero-order valence-corrected chi connectivity index (χ0v) is 11.0. The molecule has 2 rings (SSSR count). The molecule has 2 nitrogen and oxygen atoms in total. The molecule has 16 heavy (non-hydrogen) atoms. The fourth-order valence-corrected chi connectivity index (χ4v) is 1.79. The third kappa shape index (κ3) is 2.35. The molecule has 0 atom stereocenters. The van der Waals surface area contributed by atoms with Crippen LogP contribution in [0.1, 0.15) is 23.9 Å². The molecule has 0 spiro atoms. The third-order valence-electron chi connectivity index (χ3n) is 2.33. The van der Waals surface area contributed by atoms with E-state index in [-0.39, 0.29) is 5.78 Å². The summed E-state index contributed by atoms with van der Waals surface area (Å²) < 4.78 is 6.69. The molecule has 0 saturated carbocycles. The van der Waals surface area contributed by atoms with Gasteiger partial charge in [0.15, 0.2) is 11.5 Å². The van der Waals surface area contributed by atoms with Gasteiger partial charge in [0.25, 0.3) is 0 Å². The molecule has 1 heterocycles. The Morgan fingerprint density at radius 2 is 1.88 bits per heavy atom. The van der Waals surface area contributed by atoms with E-state index < -0.39 is 0 Å². The van der Waals surface area contributed by atoms with Crippen molar-refractivity contribution in [2.45, 2.75) is 13.3 Å². The van der Waals surface area contributed by atoms with Crippen LogP contribution in [-0.2, 0) is 0 Å². The van der Waals surface area contributed by atoms with Gasteiger partial charge in [-0.15, -0.1) is 0 Å². The van der Waals surface area contributed by atoms with Crippen molar-refractivity contribution >= 4 is 28.4 Å². The van der Waals surface area contributed by atoms with E-state index in [1.54, 1.807) is 6.07 Å². The number of hydrogen-bond acceptors (Lipinski definition) is 2. The molecule has 0 aliphatic heterocycles. The first kappa shape index (κ1) is 11.4. The first-order chi connectivity index (χ1) is 7.70. The van der Waals surface area contributed by atoms with E-state index in [4.69, 9.17) is 4.42 Å². The molecule has 82 valence electrons. The van der Waals surface area contributed by atoms with Gasteiger partial charge in [-0.3, -0.25) is 4.79 Å². The Balaban J connectivity index is 2.31. The molecule has 0 fully saturated rings. The smallest absolute Gasteiger partial charge is 0.197 e. The number of furan rings is 1. The van der Waals surface area contributed by atoms with E-state index in [0.717, 1.165) is 11.3 Å². The van der Waals surface area contributed by atoms with Gasteiger partial charge in [-0.1, -0.05) is 19.1 Å². The molecule has 1 aromatic heterocycles. The fraction of sp³-hybridized carbons (Fsp3) is 0.154.